The molecule has 3 aromatic rings. The Morgan fingerprint density at radius 3 is 2.94 bits per heavy atom. The molecule has 0 unspecified atom stereocenters. The number of rotatable bonds is 0. The number of pyridine rings is 1. The van der Waals surface area contributed by atoms with Crippen molar-refractivity contribution in [3.63, 3.8) is 0 Å². The van der Waals surface area contributed by atoms with Crippen molar-refractivity contribution in [3.05, 3.63) is 45.3 Å². The van der Waals surface area contributed by atoms with E-state index in [1.165, 1.54) is 6.20 Å². The van der Waals surface area contributed by atoms with Gasteiger partial charge >= 0.3 is 0 Å². The van der Waals surface area contributed by atoms with Gasteiger partial charge in [0.2, 0.25) is 0 Å². The number of hydrogen-bond donors (Lipinski definition) is 2. The van der Waals surface area contributed by atoms with Crippen molar-refractivity contribution in [3.8, 4) is 6.07 Å². The molecule has 0 atom stereocenters. The molecule has 17 heavy (non-hydrogen) atoms. The van der Waals surface area contributed by atoms with Crippen molar-refractivity contribution in [2.24, 2.45) is 0 Å². The van der Waals surface area contributed by atoms with Gasteiger partial charge in [-0.25, -0.2) is 0 Å². The van der Waals surface area contributed by atoms with Crippen LogP contribution in [0.5, 0.6) is 0 Å². The van der Waals surface area contributed by atoms with E-state index in [2.05, 4.69) is 9.97 Å². The van der Waals surface area contributed by atoms with Crippen molar-refractivity contribution >= 4 is 33.4 Å². The first-order valence-corrected chi connectivity index (χ1v) is 5.31. The molecule has 0 amide bonds. The van der Waals surface area contributed by atoms with Crippen LogP contribution in [-0.2, 0) is 0 Å². The number of nitrogens with zero attached hydrogens (tertiary/aromatic N) is 1. The van der Waals surface area contributed by atoms with E-state index in [9.17, 15) is 4.79 Å². The number of nitriles is 1. The highest BCUT2D eigenvalue weighted by molar-refractivity contribution is 6.31. The first-order chi connectivity index (χ1) is 8.20. The van der Waals surface area contributed by atoms with Gasteiger partial charge in [0.05, 0.1) is 16.5 Å². The van der Waals surface area contributed by atoms with Crippen LogP contribution in [0.15, 0.2) is 29.2 Å². The molecule has 2 N–H and O–H groups in total. The average molecular weight is 244 g/mol. The summed E-state index contributed by atoms with van der Waals surface area (Å²) >= 11 is 5.89. The molecule has 5 heteroatoms. The Kier molecular flexibility index (Phi) is 1.97. The summed E-state index contributed by atoms with van der Waals surface area (Å²) in [5, 5.41) is 10.8. The van der Waals surface area contributed by atoms with Gasteiger partial charge in [-0.3, -0.25) is 4.79 Å². The highest BCUT2D eigenvalue weighted by Gasteiger charge is 2.11. The second kappa shape index (κ2) is 3.37. The van der Waals surface area contributed by atoms with Gasteiger partial charge in [0.1, 0.15) is 6.07 Å². The predicted octanol–water partition coefficient (Wildman–Crippen LogP) is 2.53. The highest BCUT2D eigenvalue weighted by atomic mass is 35.5. The standard InChI is InChI=1S/C12H6ClN3O/c13-7-1-2-8-9(3-7)16-11-6(4-14)5-15-12(17)10(8)11/h1-3,5,16H,(H,15,17). The van der Waals surface area contributed by atoms with E-state index in [-0.39, 0.29) is 5.56 Å². The number of hydrogen-bond acceptors (Lipinski definition) is 2. The van der Waals surface area contributed by atoms with Crippen molar-refractivity contribution in [1.29, 1.82) is 5.26 Å². The molecule has 0 fully saturated rings. The van der Waals surface area contributed by atoms with Crippen LogP contribution in [0, 0.1) is 11.3 Å². The Hall–Kier alpha value is -2.25. The van der Waals surface area contributed by atoms with Crippen molar-refractivity contribution in [1.82, 2.24) is 9.97 Å². The molecule has 0 radical (unpaired) electrons. The van der Waals surface area contributed by atoms with Crippen molar-refractivity contribution in [2.75, 3.05) is 0 Å². The van der Waals surface area contributed by atoms with Crippen LogP contribution >= 0.6 is 11.6 Å². The maximum atomic E-state index is 11.8. The van der Waals surface area contributed by atoms with E-state index < -0.39 is 0 Å². The molecule has 2 aromatic heterocycles. The lowest BCUT2D eigenvalue weighted by Gasteiger charge is -1.92. The number of halogens is 1. The molecule has 0 aliphatic heterocycles. The molecule has 0 saturated heterocycles. The second-order valence-corrected chi connectivity index (χ2v) is 4.14. The number of aromatic amines is 2. The summed E-state index contributed by atoms with van der Waals surface area (Å²) in [7, 11) is 0. The van der Waals surface area contributed by atoms with Gasteiger partial charge in [-0.2, -0.15) is 5.26 Å². The zero-order valence-corrected chi connectivity index (χ0v) is 9.30. The van der Waals surface area contributed by atoms with E-state index in [1.807, 2.05) is 6.07 Å². The van der Waals surface area contributed by atoms with E-state index in [0.29, 0.717) is 21.5 Å². The Labute approximate surface area is 100 Å². The molecular formula is C12H6ClN3O. The Bertz CT molecular complexity index is 838. The summed E-state index contributed by atoms with van der Waals surface area (Å²) in [4.78, 5) is 17.4. The van der Waals surface area contributed by atoms with Gasteiger partial charge < -0.3 is 9.97 Å². The van der Waals surface area contributed by atoms with Gasteiger partial charge in [0.15, 0.2) is 0 Å². The van der Waals surface area contributed by atoms with Crippen LogP contribution in [0.25, 0.3) is 21.8 Å². The van der Waals surface area contributed by atoms with Crippen LogP contribution in [0.2, 0.25) is 5.02 Å². The molecule has 82 valence electrons. The summed E-state index contributed by atoms with van der Waals surface area (Å²) in [6.45, 7) is 0. The minimum atomic E-state index is -0.215. The maximum absolute atomic E-state index is 11.8. The first kappa shape index (κ1) is 9.94. The smallest absolute Gasteiger partial charge is 0.258 e. The molecular weight excluding hydrogens is 238 g/mol. The molecule has 1 aromatic carbocycles. The fourth-order valence-electron chi connectivity index (χ4n) is 1.98. The monoisotopic (exact) mass is 243 g/mol. The number of aromatic nitrogens is 2. The summed E-state index contributed by atoms with van der Waals surface area (Å²) < 4.78 is 0. The molecule has 0 spiro atoms. The van der Waals surface area contributed by atoms with Crippen LogP contribution in [0.4, 0.5) is 0 Å². The SMILES string of the molecule is N#Cc1c[nH]c(=O)c2c1[nH]c1cc(Cl)ccc12. The molecule has 4 nitrogen and oxygen atoms in total. The summed E-state index contributed by atoms with van der Waals surface area (Å²) in [5.41, 5.74) is 1.49. The fraction of sp³-hybridized carbons (Fsp3) is 0. The van der Waals surface area contributed by atoms with E-state index in [0.717, 1.165) is 10.9 Å². The first-order valence-electron chi connectivity index (χ1n) is 4.93. The minimum Gasteiger partial charge on any atom is -0.353 e. The van der Waals surface area contributed by atoms with Crippen LogP contribution in [-0.4, -0.2) is 9.97 Å². The summed E-state index contributed by atoms with van der Waals surface area (Å²) in [6.07, 6.45) is 1.40. The lowest BCUT2D eigenvalue weighted by atomic mass is 10.1. The molecule has 2 heterocycles. The minimum absolute atomic E-state index is 0.215. The topological polar surface area (TPSA) is 72.4 Å². The third-order valence-corrected chi connectivity index (χ3v) is 2.96. The second-order valence-electron chi connectivity index (χ2n) is 3.71. The molecule has 0 aliphatic carbocycles. The quantitative estimate of drug-likeness (QED) is 0.637. The summed E-state index contributed by atoms with van der Waals surface area (Å²) in [6, 6.07) is 7.26. The maximum Gasteiger partial charge on any atom is 0.258 e. The normalized spacial score (nSPS) is 10.8. The van der Waals surface area contributed by atoms with Crippen LogP contribution < -0.4 is 5.56 Å². The third kappa shape index (κ3) is 1.33. The average Bonchev–Trinajstić information content (AvgIpc) is 2.68. The Morgan fingerprint density at radius 2 is 2.18 bits per heavy atom. The predicted molar refractivity (Wildman–Crippen MR) is 66.2 cm³/mol. The Morgan fingerprint density at radius 1 is 1.35 bits per heavy atom. The molecule has 0 saturated carbocycles. The number of nitrogens with one attached hydrogen (secondary N) is 2. The zero-order chi connectivity index (χ0) is 12.0. The molecule has 0 aliphatic rings. The van der Waals surface area contributed by atoms with Gasteiger partial charge in [-0.15, -0.1) is 0 Å². The summed E-state index contributed by atoms with van der Waals surface area (Å²) in [5.74, 6) is 0. The zero-order valence-electron chi connectivity index (χ0n) is 8.54. The fourth-order valence-corrected chi connectivity index (χ4v) is 2.15. The number of fused-ring (bicyclic) bond motifs is 3. The van der Waals surface area contributed by atoms with Gasteiger partial charge in [-0.05, 0) is 12.1 Å². The van der Waals surface area contributed by atoms with E-state index >= 15 is 0 Å². The van der Waals surface area contributed by atoms with E-state index in [1.54, 1.807) is 18.2 Å². The molecule has 0 bridgehead atoms. The Balaban J connectivity index is 2.65. The number of H-pyrrole nitrogens is 2. The van der Waals surface area contributed by atoms with Crippen LogP contribution in [0.1, 0.15) is 5.56 Å². The van der Waals surface area contributed by atoms with Gasteiger partial charge in [0.25, 0.3) is 5.56 Å². The largest absolute Gasteiger partial charge is 0.353 e. The number of benzene rings is 1. The van der Waals surface area contributed by atoms with Gasteiger partial charge in [-0.1, -0.05) is 17.7 Å². The van der Waals surface area contributed by atoms with Crippen molar-refractivity contribution < 1.29 is 0 Å². The molecule has 3 rings (SSSR count). The van der Waals surface area contributed by atoms with E-state index in [4.69, 9.17) is 16.9 Å². The lowest BCUT2D eigenvalue weighted by molar-refractivity contribution is 1.26. The third-order valence-electron chi connectivity index (χ3n) is 2.73. The van der Waals surface area contributed by atoms with Crippen LogP contribution in [0.3, 0.4) is 0 Å². The van der Waals surface area contributed by atoms with Gasteiger partial charge in [0, 0.05) is 22.1 Å². The highest BCUT2D eigenvalue weighted by Crippen LogP contribution is 2.26. The van der Waals surface area contributed by atoms with Crippen molar-refractivity contribution in [2.45, 2.75) is 0 Å². The lowest BCUT2D eigenvalue weighted by Crippen LogP contribution is -2.05.